The van der Waals surface area contributed by atoms with Crippen LogP contribution >= 0.6 is 0 Å². The normalized spacial score (nSPS) is 16.6. The summed E-state index contributed by atoms with van der Waals surface area (Å²) in [6.45, 7) is 1.68. The lowest BCUT2D eigenvalue weighted by Gasteiger charge is -2.33. The second-order valence-corrected chi connectivity index (χ2v) is 7.01. The molecule has 0 unspecified atom stereocenters. The molecular weight excluding hydrogens is 356 g/mol. The quantitative estimate of drug-likeness (QED) is 0.561. The van der Waals surface area contributed by atoms with Crippen LogP contribution in [-0.2, 0) is 6.54 Å². The van der Waals surface area contributed by atoms with Crippen molar-refractivity contribution in [1.29, 1.82) is 0 Å². The van der Waals surface area contributed by atoms with E-state index < -0.39 is 6.09 Å². The van der Waals surface area contributed by atoms with E-state index in [1.807, 2.05) is 30.6 Å². The second-order valence-electron chi connectivity index (χ2n) is 7.01. The van der Waals surface area contributed by atoms with Crippen LogP contribution in [0.1, 0.15) is 17.7 Å². The fraction of sp³-hybridized carbons (Fsp3) is 0.200. The van der Waals surface area contributed by atoms with E-state index in [0.29, 0.717) is 19.5 Å². The van der Waals surface area contributed by atoms with Gasteiger partial charge in [-0.3, -0.25) is 5.10 Å². The van der Waals surface area contributed by atoms with Gasteiger partial charge in [0.25, 0.3) is 0 Å². The third kappa shape index (κ3) is 2.88. The van der Waals surface area contributed by atoms with Crippen LogP contribution in [-0.4, -0.2) is 49.3 Å². The molecule has 28 heavy (non-hydrogen) atoms. The zero-order valence-corrected chi connectivity index (χ0v) is 15.1. The highest BCUT2D eigenvalue weighted by molar-refractivity contribution is 5.86. The molecule has 0 aliphatic carbocycles. The van der Waals surface area contributed by atoms with Gasteiger partial charge >= 0.3 is 6.09 Å². The molecule has 0 saturated carbocycles. The highest BCUT2D eigenvalue weighted by Crippen LogP contribution is 2.31. The predicted molar refractivity (Wildman–Crippen MR) is 106 cm³/mol. The lowest BCUT2D eigenvalue weighted by Crippen LogP contribution is -2.36. The average molecular weight is 376 g/mol. The Hall–Kier alpha value is -3.68. The van der Waals surface area contributed by atoms with E-state index in [1.54, 1.807) is 0 Å². The molecular formula is C20H20N6O2. The van der Waals surface area contributed by atoms with Crippen LogP contribution < -0.4 is 5.32 Å². The topological polar surface area (TPSA) is 100 Å². The van der Waals surface area contributed by atoms with Gasteiger partial charge < -0.3 is 25.2 Å². The summed E-state index contributed by atoms with van der Waals surface area (Å²) < 4.78 is 0. The maximum atomic E-state index is 11.1. The summed E-state index contributed by atoms with van der Waals surface area (Å²) in [5, 5.41) is 20.8. The Bertz CT molecular complexity index is 1110. The lowest BCUT2D eigenvalue weighted by molar-refractivity contribution is 0.147. The summed E-state index contributed by atoms with van der Waals surface area (Å²) in [4.78, 5) is 18.1. The number of hydrogen-bond acceptors (Lipinski definition) is 4. The first kappa shape index (κ1) is 16.5. The van der Waals surface area contributed by atoms with E-state index in [0.717, 1.165) is 45.8 Å². The van der Waals surface area contributed by atoms with Crippen molar-refractivity contribution >= 4 is 28.4 Å². The largest absolute Gasteiger partial charge is 0.465 e. The summed E-state index contributed by atoms with van der Waals surface area (Å²) >= 11 is 0. The molecule has 3 aromatic rings. The van der Waals surface area contributed by atoms with E-state index in [9.17, 15) is 4.79 Å². The summed E-state index contributed by atoms with van der Waals surface area (Å²) in [5.41, 5.74) is 6.42. The number of aromatic nitrogens is 3. The standard InChI is InChI=1S/C20H20N6O2/c27-20(28)25-7-4-15(5-8-25)26-11-18-16(3-6-21-18)19(12-26)23-14-1-2-17-13(9-14)10-22-24-17/h1-4,6,9-10,12,21,23H,5,7-8,11H2,(H,22,24)(H,27,28). The molecule has 0 atom stereocenters. The minimum Gasteiger partial charge on any atom is -0.465 e. The summed E-state index contributed by atoms with van der Waals surface area (Å²) in [5.74, 6) is 0. The Kier molecular flexibility index (Phi) is 3.82. The first-order chi connectivity index (χ1) is 13.7. The van der Waals surface area contributed by atoms with Gasteiger partial charge in [0.2, 0.25) is 0 Å². The van der Waals surface area contributed by atoms with Crippen LogP contribution in [0, 0.1) is 0 Å². The fourth-order valence-corrected chi connectivity index (χ4v) is 3.78. The number of carboxylic acid groups (broad SMARTS) is 1. The minimum absolute atomic E-state index is 0.423. The van der Waals surface area contributed by atoms with Crippen molar-refractivity contribution in [2.45, 2.75) is 13.0 Å². The zero-order valence-electron chi connectivity index (χ0n) is 15.1. The molecule has 8 nitrogen and oxygen atoms in total. The molecule has 142 valence electrons. The molecule has 0 fully saturated rings. The van der Waals surface area contributed by atoms with Crippen LogP contribution in [0.15, 0.2) is 54.6 Å². The van der Waals surface area contributed by atoms with Gasteiger partial charge in [0.05, 0.1) is 24.0 Å². The molecule has 1 aromatic carbocycles. The number of amides is 1. The van der Waals surface area contributed by atoms with Gasteiger partial charge in [0.1, 0.15) is 0 Å². The van der Waals surface area contributed by atoms with Crippen LogP contribution in [0.2, 0.25) is 0 Å². The number of nitrogens with zero attached hydrogens (tertiary/aromatic N) is 3. The molecule has 0 radical (unpaired) electrons. The van der Waals surface area contributed by atoms with Gasteiger partial charge in [-0.15, -0.1) is 0 Å². The van der Waals surface area contributed by atoms with Crippen molar-refractivity contribution in [3.63, 3.8) is 0 Å². The Morgan fingerprint density at radius 1 is 1.29 bits per heavy atom. The van der Waals surface area contributed by atoms with Crippen molar-refractivity contribution in [3.8, 4) is 0 Å². The summed E-state index contributed by atoms with van der Waals surface area (Å²) in [6.07, 6.45) is 7.70. The molecule has 2 aromatic heterocycles. The molecule has 0 bridgehead atoms. The maximum Gasteiger partial charge on any atom is 0.407 e. The number of fused-ring (bicyclic) bond motifs is 2. The molecule has 8 heteroatoms. The smallest absolute Gasteiger partial charge is 0.407 e. The van der Waals surface area contributed by atoms with Crippen molar-refractivity contribution < 1.29 is 9.90 Å². The second kappa shape index (κ2) is 6.49. The first-order valence-corrected chi connectivity index (χ1v) is 9.19. The molecule has 1 amide bonds. The summed E-state index contributed by atoms with van der Waals surface area (Å²) in [6, 6.07) is 8.17. The van der Waals surface area contributed by atoms with Gasteiger partial charge in [-0.1, -0.05) is 0 Å². The summed E-state index contributed by atoms with van der Waals surface area (Å²) in [7, 11) is 0. The van der Waals surface area contributed by atoms with Crippen LogP contribution in [0.5, 0.6) is 0 Å². The SMILES string of the molecule is O=C(O)N1CC=C(N2C=C(Nc3ccc4[nH]ncc4c3)c3cc[nH]c3C2)CC1. The number of H-pyrrole nitrogens is 2. The molecule has 2 aliphatic heterocycles. The number of aromatic amines is 2. The Labute approximate surface area is 161 Å². The highest BCUT2D eigenvalue weighted by atomic mass is 16.4. The minimum atomic E-state index is -0.867. The van der Waals surface area contributed by atoms with Crippen molar-refractivity contribution in [1.82, 2.24) is 25.0 Å². The van der Waals surface area contributed by atoms with Crippen LogP contribution in [0.3, 0.4) is 0 Å². The van der Waals surface area contributed by atoms with Crippen molar-refractivity contribution in [2.24, 2.45) is 0 Å². The third-order valence-electron chi connectivity index (χ3n) is 5.28. The van der Waals surface area contributed by atoms with E-state index in [2.05, 4.69) is 43.7 Å². The number of hydrogen-bond donors (Lipinski definition) is 4. The van der Waals surface area contributed by atoms with E-state index in [-0.39, 0.29) is 0 Å². The van der Waals surface area contributed by atoms with Gasteiger partial charge in [-0.25, -0.2) is 4.79 Å². The Morgan fingerprint density at radius 2 is 2.21 bits per heavy atom. The lowest BCUT2D eigenvalue weighted by atomic mass is 10.1. The fourth-order valence-electron chi connectivity index (χ4n) is 3.78. The molecule has 5 rings (SSSR count). The Balaban J connectivity index is 1.44. The molecule has 0 spiro atoms. The number of carbonyl (C=O) groups is 1. The number of rotatable bonds is 3. The molecule has 4 N–H and O–H groups in total. The zero-order chi connectivity index (χ0) is 19.1. The van der Waals surface area contributed by atoms with Gasteiger partial charge in [-0.05, 0) is 30.3 Å². The van der Waals surface area contributed by atoms with Crippen molar-refractivity contribution in [3.05, 3.63) is 65.9 Å². The molecule has 2 aliphatic rings. The number of nitrogens with one attached hydrogen (secondary N) is 3. The van der Waals surface area contributed by atoms with E-state index in [1.165, 1.54) is 4.90 Å². The van der Waals surface area contributed by atoms with Crippen molar-refractivity contribution in [2.75, 3.05) is 18.4 Å². The van der Waals surface area contributed by atoms with Crippen LogP contribution in [0.25, 0.3) is 16.6 Å². The molecule has 4 heterocycles. The average Bonchev–Trinajstić information content (AvgIpc) is 3.36. The monoisotopic (exact) mass is 376 g/mol. The predicted octanol–water partition coefficient (Wildman–Crippen LogP) is 3.38. The van der Waals surface area contributed by atoms with E-state index in [4.69, 9.17) is 5.11 Å². The number of benzene rings is 1. The van der Waals surface area contributed by atoms with Gasteiger partial charge in [-0.2, -0.15) is 5.10 Å². The number of anilines is 1. The van der Waals surface area contributed by atoms with Crippen LogP contribution in [0.4, 0.5) is 10.5 Å². The Morgan fingerprint density at radius 3 is 3.04 bits per heavy atom. The van der Waals surface area contributed by atoms with E-state index >= 15 is 0 Å². The third-order valence-corrected chi connectivity index (χ3v) is 5.28. The maximum absolute atomic E-state index is 11.1. The van der Waals surface area contributed by atoms with Gasteiger partial charge in [0.15, 0.2) is 0 Å². The first-order valence-electron chi connectivity index (χ1n) is 9.19. The molecule has 0 saturated heterocycles. The van der Waals surface area contributed by atoms with Gasteiger partial charge in [0, 0.05) is 59.9 Å². The highest BCUT2D eigenvalue weighted by Gasteiger charge is 2.24.